The zero-order chi connectivity index (χ0) is 9.68. The lowest BCUT2D eigenvalue weighted by molar-refractivity contribution is 0.128. The van der Waals surface area contributed by atoms with E-state index in [0.717, 1.165) is 18.5 Å². The molecule has 1 atom stereocenters. The average Bonchev–Trinajstić information content (AvgIpc) is 2.15. The van der Waals surface area contributed by atoms with Crippen molar-refractivity contribution in [3.8, 4) is 0 Å². The van der Waals surface area contributed by atoms with Gasteiger partial charge in [-0.15, -0.1) is 0 Å². The van der Waals surface area contributed by atoms with E-state index < -0.39 is 0 Å². The Hall–Kier alpha value is -0.0800. The predicted molar refractivity (Wildman–Crippen MR) is 58.0 cm³/mol. The molecular weight excluding hydrogens is 160 g/mol. The monoisotopic (exact) mass is 184 g/mol. The zero-order valence-corrected chi connectivity index (χ0v) is 9.34. The second-order valence-electron chi connectivity index (χ2n) is 4.47. The Labute approximate surface area is 82.7 Å². The minimum Gasteiger partial charge on any atom is -0.318 e. The predicted octanol–water partition coefficient (Wildman–Crippen LogP) is 1.72. The summed E-state index contributed by atoms with van der Waals surface area (Å²) in [6.45, 7) is 8.42. The van der Waals surface area contributed by atoms with E-state index in [1.807, 2.05) is 0 Å². The molecule has 1 aliphatic rings. The molecule has 1 saturated heterocycles. The molecule has 1 fully saturated rings. The van der Waals surface area contributed by atoms with Crippen molar-refractivity contribution >= 4 is 0 Å². The van der Waals surface area contributed by atoms with Gasteiger partial charge in [0.05, 0.1) is 0 Å². The fourth-order valence-electron chi connectivity index (χ4n) is 2.25. The summed E-state index contributed by atoms with van der Waals surface area (Å²) in [7, 11) is 2.05. The molecule has 0 spiro atoms. The molecule has 0 amide bonds. The molecule has 13 heavy (non-hydrogen) atoms. The summed E-state index contributed by atoms with van der Waals surface area (Å²) in [4.78, 5) is 2.66. The molecule has 78 valence electrons. The minimum absolute atomic E-state index is 0.741. The number of likely N-dealkylation sites (tertiary alicyclic amines) is 1. The fraction of sp³-hybridized carbons (Fsp3) is 1.00. The maximum absolute atomic E-state index is 3.30. The van der Waals surface area contributed by atoms with Crippen molar-refractivity contribution in [2.75, 3.05) is 26.7 Å². The molecule has 1 N–H and O–H groups in total. The van der Waals surface area contributed by atoms with Crippen molar-refractivity contribution in [1.82, 2.24) is 10.2 Å². The maximum atomic E-state index is 3.30. The summed E-state index contributed by atoms with van der Waals surface area (Å²) in [5, 5.41) is 3.30. The van der Waals surface area contributed by atoms with Gasteiger partial charge >= 0.3 is 0 Å². The first-order chi connectivity index (χ1) is 6.25. The van der Waals surface area contributed by atoms with E-state index in [1.54, 1.807) is 0 Å². The highest BCUT2D eigenvalue weighted by Gasteiger charge is 2.22. The van der Waals surface area contributed by atoms with Crippen LogP contribution in [-0.2, 0) is 0 Å². The molecule has 0 saturated carbocycles. The van der Waals surface area contributed by atoms with Crippen LogP contribution in [0.3, 0.4) is 0 Å². The summed E-state index contributed by atoms with van der Waals surface area (Å²) < 4.78 is 0. The number of hydrogen-bond donors (Lipinski definition) is 1. The molecule has 0 radical (unpaired) electrons. The number of hydrogen-bond acceptors (Lipinski definition) is 2. The number of rotatable bonds is 4. The Kier molecular flexibility index (Phi) is 4.74. The van der Waals surface area contributed by atoms with Crippen LogP contribution in [0.15, 0.2) is 0 Å². The van der Waals surface area contributed by atoms with Crippen LogP contribution < -0.4 is 5.32 Å². The van der Waals surface area contributed by atoms with Crippen molar-refractivity contribution < 1.29 is 0 Å². The third-order valence-corrected chi connectivity index (χ3v) is 3.04. The summed E-state index contributed by atoms with van der Waals surface area (Å²) in [6.07, 6.45) is 4.22. The normalized spacial score (nSPS) is 22.2. The Morgan fingerprint density at radius 1 is 1.15 bits per heavy atom. The van der Waals surface area contributed by atoms with Gasteiger partial charge in [0.15, 0.2) is 0 Å². The number of nitrogens with zero attached hydrogens (tertiary/aromatic N) is 1. The van der Waals surface area contributed by atoms with Gasteiger partial charge in [0.25, 0.3) is 0 Å². The fourth-order valence-corrected chi connectivity index (χ4v) is 2.25. The van der Waals surface area contributed by atoms with Gasteiger partial charge in [-0.05, 0) is 38.9 Å². The lowest BCUT2D eigenvalue weighted by Gasteiger charge is -2.36. The third-order valence-electron chi connectivity index (χ3n) is 3.04. The third kappa shape index (κ3) is 3.28. The highest BCUT2D eigenvalue weighted by molar-refractivity contribution is 4.78. The van der Waals surface area contributed by atoms with Crippen molar-refractivity contribution in [3.63, 3.8) is 0 Å². The first-order valence-electron chi connectivity index (χ1n) is 5.64. The first-order valence-corrected chi connectivity index (χ1v) is 5.64. The van der Waals surface area contributed by atoms with Gasteiger partial charge in [0.2, 0.25) is 0 Å². The van der Waals surface area contributed by atoms with Gasteiger partial charge in [-0.3, -0.25) is 4.90 Å². The van der Waals surface area contributed by atoms with E-state index in [2.05, 4.69) is 31.1 Å². The quantitative estimate of drug-likeness (QED) is 0.715. The SMILES string of the molecule is CNCC(C(C)C)N1CCCCC1. The van der Waals surface area contributed by atoms with Gasteiger partial charge in [0.1, 0.15) is 0 Å². The molecule has 0 aromatic carbocycles. The van der Waals surface area contributed by atoms with Crippen LogP contribution in [-0.4, -0.2) is 37.6 Å². The Bertz CT molecular complexity index is 128. The molecule has 0 aliphatic carbocycles. The van der Waals surface area contributed by atoms with E-state index in [-0.39, 0.29) is 0 Å². The highest BCUT2D eigenvalue weighted by atomic mass is 15.2. The highest BCUT2D eigenvalue weighted by Crippen LogP contribution is 2.16. The molecule has 1 heterocycles. The smallest absolute Gasteiger partial charge is 0.0243 e. The van der Waals surface area contributed by atoms with Crippen LogP contribution >= 0.6 is 0 Å². The van der Waals surface area contributed by atoms with Gasteiger partial charge in [-0.1, -0.05) is 20.3 Å². The summed E-state index contributed by atoms with van der Waals surface area (Å²) in [5.74, 6) is 0.769. The maximum Gasteiger partial charge on any atom is 0.0243 e. The van der Waals surface area contributed by atoms with E-state index in [0.29, 0.717) is 0 Å². The van der Waals surface area contributed by atoms with Crippen LogP contribution in [0.4, 0.5) is 0 Å². The summed E-state index contributed by atoms with van der Waals surface area (Å²) >= 11 is 0. The standard InChI is InChI=1S/C11H24N2/c1-10(2)11(9-12-3)13-7-5-4-6-8-13/h10-12H,4-9H2,1-3H3. The lowest BCUT2D eigenvalue weighted by atomic mass is 9.99. The van der Waals surface area contributed by atoms with E-state index >= 15 is 0 Å². The molecule has 2 nitrogen and oxygen atoms in total. The zero-order valence-electron chi connectivity index (χ0n) is 9.34. The number of likely N-dealkylation sites (N-methyl/N-ethyl adjacent to an activating group) is 1. The molecule has 1 unspecified atom stereocenters. The molecular formula is C11H24N2. The second kappa shape index (κ2) is 5.61. The van der Waals surface area contributed by atoms with E-state index in [9.17, 15) is 0 Å². The van der Waals surface area contributed by atoms with Gasteiger partial charge in [-0.2, -0.15) is 0 Å². The number of nitrogens with one attached hydrogen (secondary N) is 1. The topological polar surface area (TPSA) is 15.3 Å². The number of piperidine rings is 1. The molecule has 2 heteroatoms. The average molecular weight is 184 g/mol. The van der Waals surface area contributed by atoms with Crippen molar-refractivity contribution in [1.29, 1.82) is 0 Å². The largest absolute Gasteiger partial charge is 0.318 e. The van der Waals surface area contributed by atoms with Crippen LogP contribution in [0.25, 0.3) is 0 Å². The first kappa shape index (κ1) is 11.0. The van der Waals surface area contributed by atoms with Crippen LogP contribution in [0.1, 0.15) is 33.1 Å². The molecule has 1 aliphatic heterocycles. The van der Waals surface area contributed by atoms with E-state index in [1.165, 1.54) is 32.4 Å². The lowest BCUT2D eigenvalue weighted by Crippen LogP contribution is -2.47. The summed E-state index contributed by atoms with van der Waals surface area (Å²) in [6, 6.07) is 0.741. The van der Waals surface area contributed by atoms with Gasteiger partial charge < -0.3 is 5.32 Å². The van der Waals surface area contributed by atoms with Gasteiger partial charge in [0, 0.05) is 12.6 Å². The molecule has 1 rings (SSSR count). The molecule has 0 bridgehead atoms. The Morgan fingerprint density at radius 3 is 2.23 bits per heavy atom. The minimum atomic E-state index is 0.741. The van der Waals surface area contributed by atoms with Crippen LogP contribution in [0.2, 0.25) is 0 Å². The van der Waals surface area contributed by atoms with E-state index in [4.69, 9.17) is 0 Å². The van der Waals surface area contributed by atoms with Crippen molar-refractivity contribution in [3.05, 3.63) is 0 Å². The van der Waals surface area contributed by atoms with Crippen molar-refractivity contribution in [2.45, 2.75) is 39.2 Å². The van der Waals surface area contributed by atoms with Crippen molar-refractivity contribution in [2.24, 2.45) is 5.92 Å². The summed E-state index contributed by atoms with van der Waals surface area (Å²) in [5.41, 5.74) is 0. The van der Waals surface area contributed by atoms with Gasteiger partial charge in [-0.25, -0.2) is 0 Å². The molecule has 0 aromatic rings. The molecule has 0 aromatic heterocycles. The second-order valence-corrected chi connectivity index (χ2v) is 4.47. The van der Waals surface area contributed by atoms with Crippen LogP contribution in [0, 0.1) is 5.92 Å². The Morgan fingerprint density at radius 2 is 1.77 bits per heavy atom. The van der Waals surface area contributed by atoms with Crippen LogP contribution in [0.5, 0.6) is 0 Å². The Balaban J connectivity index is 2.41.